The third kappa shape index (κ3) is 3.78. The lowest BCUT2D eigenvalue weighted by atomic mass is 10.3. The highest BCUT2D eigenvalue weighted by molar-refractivity contribution is 7.25. The highest BCUT2D eigenvalue weighted by Gasteiger charge is 2.13. The summed E-state index contributed by atoms with van der Waals surface area (Å²) in [5, 5.41) is 15.5. The summed E-state index contributed by atoms with van der Waals surface area (Å²) < 4.78 is 0. The first-order valence-corrected chi connectivity index (χ1v) is 9.08. The number of hydrogen-bond acceptors (Lipinski definition) is 6. The molecule has 1 aromatic carbocycles. The second-order valence-corrected chi connectivity index (χ2v) is 7.60. The number of aromatic nitrogens is 2. The Labute approximate surface area is 156 Å². The summed E-state index contributed by atoms with van der Waals surface area (Å²) in [7, 11) is 0. The fourth-order valence-electron chi connectivity index (χ4n) is 1.93. The molecule has 0 aliphatic heterocycles. The van der Waals surface area contributed by atoms with Crippen molar-refractivity contribution in [2.75, 3.05) is 10.6 Å². The molecule has 0 unspecified atom stereocenters. The van der Waals surface area contributed by atoms with Crippen LogP contribution in [0, 0.1) is 12.3 Å². The number of nitrogens with two attached hydrogens (primary N) is 1. The molecule has 5 N–H and O–H groups in total. The van der Waals surface area contributed by atoms with Crippen LogP contribution in [-0.4, -0.2) is 15.9 Å². The molecule has 0 radical (unpaired) electrons. The van der Waals surface area contributed by atoms with Crippen LogP contribution in [-0.2, 0) is 0 Å². The Morgan fingerprint density at radius 1 is 1.21 bits per heavy atom. The van der Waals surface area contributed by atoms with E-state index in [-0.39, 0.29) is 5.96 Å². The van der Waals surface area contributed by atoms with Gasteiger partial charge in [-0.3, -0.25) is 5.41 Å². The van der Waals surface area contributed by atoms with Crippen molar-refractivity contribution >= 4 is 67.8 Å². The van der Waals surface area contributed by atoms with Crippen LogP contribution >= 0.6 is 45.9 Å². The van der Waals surface area contributed by atoms with E-state index in [1.165, 1.54) is 22.7 Å². The summed E-state index contributed by atoms with van der Waals surface area (Å²) >= 11 is 14.9. The zero-order valence-electron chi connectivity index (χ0n) is 12.4. The molecule has 0 bridgehead atoms. The van der Waals surface area contributed by atoms with Crippen LogP contribution in [0.3, 0.4) is 0 Å². The van der Waals surface area contributed by atoms with Gasteiger partial charge in [0.25, 0.3) is 0 Å². The number of rotatable bonds is 4. The second-order valence-electron chi connectivity index (χ2n) is 4.76. The van der Waals surface area contributed by atoms with Crippen molar-refractivity contribution in [3.05, 3.63) is 40.1 Å². The minimum Gasteiger partial charge on any atom is -0.370 e. The van der Waals surface area contributed by atoms with E-state index in [1.54, 1.807) is 18.3 Å². The minimum atomic E-state index is -0.137. The summed E-state index contributed by atoms with van der Waals surface area (Å²) in [6.45, 7) is 1.91. The summed E-state index contributed by atoms with van der Waals surface area (Å²) in [6, 6.07) is 5.31. The number of nitrogens with zero attached hydrogens (tertiary/aromatic N) is 2. The molecule has 0 amide bonds. The van der Waals surface area contributed by atoms with Gasteiger partial charge in [-0.15, -0.1) is 0 Å². The normalized spacial score (nSPS) is 10.6. The molecule has 0 spiro atoms. The third-order valence-corrected chi connectivity index (χ3v) is 5.84. The maximum Gasteiger partial charge on any atom is 0.192 e. The van der Waals surface area contributed by atoms with Crippen molar-refractivity contribution in [2.24, 2.45) is 5.73 Å². The van der Waals surface area contributed by atoms with Gasteiger partial charge in [0.05, 0.1) is 25.5 Å². The van der Waals surface area contributed by atoms with E-state index in [1.807, 2.05) is 13.0 Å². The quantitative estimate of drug-likeness (QED) is 0.368. The standard InChI is InChI=1S/C14H12Cl2N6S2/c1-6-11(24-14(20-6)22-12(17)18)10-5-19-13(23-10)21-7-2-3-8(15)9(16)4-7/h2-5H,1H3,(H,19,21)(H4,17,18,20,22). The average molecular weight is 399 g/mol. The van der Waals surface area contributed by atoms with Gasteiger partial charge in [0, 0.05) is 11.9 Å². The van der Waals surface area contributed by atoms with E-state index in [0.717, 1.165) is 26.3 Å². The van der Waals surface area contributed by atoms with Crippen LogP contribution in [0.25, 0.3) is 9.75 Å². The number of nitrogens with one attached hydrogen (secondary N) is 3. The summed E-state index contributed by atoms with van der Waals surface area (Å²) in [4.78, 5) is 10.7. The lowest BCUT2D eigenvalue weighted by Crippen LogP contribution is -2.20. The molecule has 6 nitrogen and oxygen atoms in total. The van der Waals surface area contributed by atoms with Gasteiger partial charge in [-0.1, -0.05) is 45.9 Å². The van der Waals surface area contributed by atoms with Crippen molar-refractivity contribution in [3.8, 4) is 9.75 Å². The zero-order chi connectivity index (χ0) is 17.3. The van der Waals surface area contributed by atoms with Gasteiger partial charge in [-0.05, 0) is 25.1 Å². The van der Waals surface area contributed by atoms with Gasteiger partial charge in [-0.25, -0.2) is 9.97 Å². The predicted molar refractivity (Wildman–Crippen MR) is 103 cm³/mol. The molecule has 10 heteroatoms. The fraction of sp³-hybridized carbons (Fsp3) is 0.0714. The third-order valence-electron chi connectivity index (χ3n) is 2.94. The molecule has 0 atom stereocenters. The summed E-state index contributed by atoms with van der Waals surface area (Å²) in [5.74, 6) is -0.137. The molecule has 0 fully saturated rings. The Kier molecular flexibility index (Phi) is 4.91. The van der Waals surface area contributed by atoms with Crippen LogP contribution in [0.1, 0.15) is 5.69 Å². The van der Waals surface area contributed by atoms with Crippen LogP contribution < -0.4 is 16.4 Å². The van der Waals surface area contributed by atoms with Crippen molar-refractivity contribution < 1.29 is 0 Å². The smallest absolute Gasteiger partial charge is 0.192 e. The van der Waals surface area contributed by atoms with E-state index >= 15 is 0 Å². The Morgan fingerprint density at radius 3 is 2.71 bits per heavy atom. The molecule has 3 aromatic rings. The van der Waals surface area contributed by atoms with Crippen molar-refractivity contribution in [2.45, 2.75) is 6.92 Å². The number of aryl methyl sites for hydroxylation is 1. The van der Waals surface area contributed by atoms with Crippen LogP contribution in [0.4, 0.5) is 16.0 Å². The first kappa shape index (κ1) is 17.0. The Balaban J connectivity index is 1.81. The Morgan fingerprint density at radius 2 is 2.00 bits per heavy atom. The second kappa shape index (κ2) is 6.94. The first-order valence-electron chi connectivity index (χ1n) is 6.69. The monoisotopic (exact) mass is 398 g/mol. The number of thiazole rings is 2. The molecule has 2 heterocycles. The number of anilines is 3. The van der Waals surface area contributed by atoms with E-state index in [4.69, 9.17) is 34.3 Å². The van der Waals surface area contributed by atoms with Gasteiger partial charge in [-0.2, -0.15) is 0 Å². The molecular formula is C14H12Cl2N6S2. The van der Waals surface area contributed by atoms with E-state index in [9.17, 15) is 0 Å². The van der Waals surface area contributed by atoms with Crippen molar-refractivity contribution in [1.82, 2.24) is 9.97 Å². The largest absolute Gasteiger partial charge is 0.370 e. The molecule has 0 aliphatic rings. The SMILES string of the molecule is Cc1nc(NC(=N)N)sc1-c1cnc(Nc2ccc(Cl)c(Cl)c2)s1. The average Bonchev–Trinajstić information content (AvgIpc) is 3.09. The lowest BCUT2D eigenvalue weighted by molar-refractivity contribution is 1.26. The zero-order valence-corrected chi connectivity index (χ0v) is 15.5. The highest BCUT2D eigenvalue weighted by atomic mass is 35.5. The van der Waals surface area contributed by atoms with Crippen LogP contribution in [0.5, 0.6) is 0 Å². The van der Waals surface area contributed by atoms with Gasteiger partial charge < -0.3 is 16.4 Å². The summed E-state index contributed by atoms with van der Waals surface area (Å²) in [6.07, 6.45) is 1.78. The number of guanidine groups is 1. The highest BCUT2D eigenvalue weighted by Crippen LogP contribution is 2.38. The summed E-state index contributed by atoms with van der Waals surface area (Å²) in [5.41, 5.74) is 7.00. The Bertz CT molecular complexity index is 905. The maximum absolute atomic E-state index is 7.27. The van der Waals surface area contributed by atoms with E-state index in [0.29, 0.717) is 15.2 Å². The minimum absolute atomic E-state index is 0.137. The number of halogens is 2. The first-order chi connectivity index (χ1) is 11.4. The van der Waals surface area contributed by atoms with Crippen LogP contribution in [0.2, 0.25) is 10.0 Å². The molecule has 2 aromatic heterocycles. The fourth-order valence-corrected chi connectivity index (χ4v) is 4.19. The van der Waals surface area contributed by atoms with Crippen molar-refractivity contribution in [3.63, 3.8) is 0 Å². The predicted octanol–water partition coefficient (Wildman–Crippen LogP) is 4.93. The van der Waals surface area contributed by atoms with Gasteiger partial charge in [0.1, 0.15) is 0 Å². The van der Waals surface area contributed by atoms with Gasteiger partial charge >= 0.3 is 0 Å². The molecule has 3 rings (SSSR count). The lowest BCUT2D eigenvalue weighted by Gasteiger charge is -2.03. The molecule has 124 valence electrons. The Hall–Kier alpha value is -1.87. The molecular weight excluding hydrogens is 387 g/mol. The molecule has 24 heavy (non-hydrogen) atoms. The van der Waals surface area contributed by atoms with Crippen LogP contribution in [0.15, 0.2) is 24.4 Å². The number of benzene rings is 1. The van der Waals surface area contributed by atoms with Gasteiger partial charge in [0.15, 0.2) is 16.2 Å². The van der Waals surface area contributed by atoms with E-state index < -0.39 is 0 Å². The number of hydrogen-bond donors (Lipinski definition) is 4. The maximum atomic E-state index is 7.27. The van der Waals surface area contributed by atoms with Gasteiger partial charge in [0.2, 0.25) is 0 Å². The van der Waals surface area contributed by atoms with Crippen molar-refractivity contribution in [1.29, 1.82) is 5.41 Å². The van der Waals surface area contributed by atoms with E-state index in [2.05, 4.69) is 20.6 Å². The topological polar surface area (TPSA) is 99.7 Å². The molecule has 0 aliphatic carbocycles. The molecule has 0 saturated carbocycles. The molecule has 0 saturated heterocycles.